The van der Waals surface area contributed by atoms with Gasteiger partial charge in [0.2, 0.25) is 5.88 Å². The zero-order valence-corrected chi connectivity index (χ0v) is 16.3. The fourth-order valence-corrected chi connectivity index (χ4v) is 3.93. The van der Waals surface area contributed by atoms with Crippen LogP contribution in [0.25, 0.3) is 11.2 Å². The van der Waals surface area contributed by atoms with Crippen LogP contribution in [0.15, 0.2) is 36.4 Å². The third-order valence-corrected chi connectivity index (χ3v) is 5.57. The molecule has 0 aliphatic heterocycles. The molecule has 1 saturated carbocycles. The molecule has 0 spiro atoms. The van der Waals surface area contributed by atoms with Gasteiger partial charge in [0.1, 0.15) is 11.9 Å². The molecule has 0 amide bonds. The van der Waals surface area contributed by atoms with Crippen molar-refractivity contribution in [2.75, 3.05) is 0 Å². The van der Waals surface area contributed by atoms with Crippen LogP contribution < -0.4 is 4.74 Å². The zero-order valence-electron chi connectivity index (χ0n) is 16.3. The predicted molar refractivity (Wildman–Crippen MR) is 107 cm³/mol. The largest absolute Gasteiger partial charge is 0.481 e. The molecule has 0 radical (unpaired) electrons. The van der Waals surface area contributed by atoms with Gasteiger partial charge in [0.25, 0.3) is 0 Å². The molecule has 1 aromatic carbocycles. The van der Waals surface area contributed by atoms with Crippen LogP contribution >= 0.6 is 0 Å². The maximum Gasteiger partial charge on any atom is 0.306 e. The number of aliphatic carboxylic acids is 1. The number of benzene rings is 1. The Morgan fingerprint density at radius 3 is 2.68 bits per heavy atom. The van der Waals surface area contributed by atoms with E-state index in [1.165, 1.54) is 11.1 Å². The summed E-state index contributed by atoms with van der Waals surface area (Å²) in [5, 5.41) is 9.12. The minimum atomic E-state index is -0.701. The molecule has 1 fully saturated rings. The summed E-state index contributed by atoms with van der Waals surface area (Å²) in [5.41, 5.74) is 4.12. The van der Waals surface area contributed by atoms with Crippen LogP contribution in [0.5, 0.6) is 5.88 Å². The lowest BCUT2D eigenvalue weighted by molar-refractivity contribution is -0.143. The summed E-state index contributed by atoms with van der Waals surface area (Å²) < 4.78 is 8.10. The highest BCUT2D eigenvalue weighted by molar-refractivity contribution is 5.72. The summed E-state index contributed by atoms with van der Waals surface area (Å²) in [4.78, 5) is 20.4. The van der Waals surface area contributed by atoms with E-state index >= 15 is 0 Å². The van der Waals surface area contributed by atoms with E-state index in [0.717, 1.165) is 30.6 Å². The van der Waals surface area contributed by atoms with Crippen molar-refractivity contribution in [1.82, 2.24) is 14.5 Å². The molecule has 1 N–H and O–H groups in total. The Kier molecular flexibility index (Phi) is 5.03. The monoisotopic (exact) mass is 379 g/mol. The molecule has 3 aromatic rings. The zero-order chi connectivity index (χ0) is 19.7. The molecule has 2 heterocycles. The Hall–Kier alpha value is -2.89. The predicted octanol–water partition coefficient (Wildman–Crippen LogP) is 3.89. The van der Waals surface area contributed by atoms with Crippen LogP contribution in [0.1, 0.15) is 42.6 Å². The van der Waals surface area contributed by atoms with Crippen molar-refractivity contribution in [3.8, 4) is 5.88 Å². The molecule has 1 aliphatic rings. The second kappa shape index (κ2) is 7.62. The topological polar surface area (TPSA) is 77.2 Å². The minimum absolute atomic E-state index is 0.0241. The number of carboxylic acids is 1. The van der Waals surface area contributed by atoms with Crippen LogP contribution in [0.2, 0.25) is 0 Å². The Morgan fingerprint density at radius 2 is 1.96 bits per heavy atom. The van der Waals surface area contributed by atoms with E-state index in [4.69, 9.17) is 14.8 Å². The number of carboxylic acid groups (broad SMARTS) is 1. The van der Waals surface area contributed by atoms with E-state index in [0.29, 0.717) is 24.4 Å². The van der Waals surface area contributed by atoms with Crippen molar-refractivity contribution in [3.05, 3.63) is 53.3 Å². The number of nitrogens with zero attached hydrogens (tertiary/aromatic N) is 3. The van der Waals surface area contributed by atoms with Crippen LogP contribution in [0.4, 0.5) is 0 Å². The molecule has 0 atom stereocenters. The second-order valence-electron chi connectivity index (χ2n) is 7.67. The fraction of sp³-hybridized carbons (Fsp3) is 0.409. The summed E-state index contributed by atoms with van der Waals surface area (Å²) in [5.74, 6) is 0.585. The van der Waals surface area contributed by atoms with Gasteiger partial charge in [0.05, 0.1) is 11.4 Å². The number of imidazole rings is 1. The number of rotatable bonds is 5. The highest BCUT2D eigenvalue weighted by Gasteiger charge is 2.27. The standard InChI is InChI=1S/C22H25N3O3/c1-14-4-3-5-15(12-14)13-19-23-21-18(25(19)2)10-11-20(24-21)28-17-8-6-16(7-9-17)22(26)27/h3-5,10-12,16-17H,6-9,13H2,1-2H3,(H,26,27). The molecule has 146 valence electrons. The van der Waals surface area contributed by atoms with Crippen molar-refractivity contribution in [2.24, 2.45) is 13.0 Å². The number of hydrogen-bond donors (Lipinski definition) is 1. The number of carbonyl (C=O) groups is 1. The van der Waals surface area contributed by atoms with E-state index in [1.54, 1.807) is 0 Å². The van der Waals surface area contributed by atoms with Gasteiger partial charge in [-0.1, -0.05) is 29.8 Å². The molecule has 6 nitrogen and oxygen atoms in total. The third kappa shape index (κ3) is 3.86. The molecule has 2 aromatic heterocycles. The van der Waals surface area contributed by atoms with Crippen molar-refractivity contribution >= 4 is 17.1 Å². The first-order chi connectivity index (χ1) is 13.5. The molecule has 4 rings (SSSR count). The molecule has 6 heteroatoms. The van der Waals surface area contributed by atoms with Crippen molar-refractivity contribution in [2.45, 2.75) is 45.1 Å². The average molecular weight is 379 g/mol. The van der Waals surface area contributed by atoms with Gasteiger partial charge < -0.3 is 14.4 Å². The first-order valence-electron chi connectivity index (χ1n) is 9.77. The van der Waals surface area contributed by atoms with Gasteiger partial charge >= 0.3 is 5.97 Å². The molecule has 0 bridgehead atoms. The van der Waals surface area contributed by atoms with Gasteiger partial charge in [-0.25, -0.2) is 4.98 Å². The van der Waals surface area contributed by atoms with Crippen molar-refractivity contribution < 1.29 is 14.6 Å². The van der Waals surface area contributed by atoms with Crippen LogP contribution in [-0.4, -0.2) is 31.7 Å². The van der Waals surface area contributed by atoms with E-state index in [9.17, 15) is 4.79 Å². The van der Waals surface area contributed by atoms with E-state index in [2.05, 4.69) is 40.7 Å². The number of aryl methyl sites for hydroxylation is 2. The Labute approximate surface area is 164 Å². The van der Waals surface area contributed by atoms with Crippen molar-refractivity contribution in [1.29, 1.82) is 0 Å². The third-order valence-electron chi connectivity index (χ3n) is 5.57. The molecular weight excluding hydrogens is 354 g/mol. The van der Waals surface area contributed by atoms with E-state index < -0.39 is 5.97 Å². The quantitative estimate of drug-likeness (QED) is 0.728. The maximum atomic E-state index is 11.1. The number of ether oxygens (including phenoxy) is 1. The molecule has 1 aliphatic carbocycles. The van der Waals surface area contributed by atoms with Gasteiger partial charge in [-0.15, -0.1) is 0 Å². The van der Waals surface area contributed by atoms with Gasteiger partial charge in [0.15, 0.2) is 5.65 Å². The van der Waals surface area contributed by atoms with Crippen LogP contribution in [-0.2, 0) is 18.3 Å². The number of pyridine rings is 1. The van der Waals surface area contributed by atoms with Crippen LogP contribution in [0.3, 0.4) is 0 Å². The Bertz CT molecular complexity index is 1000. The molecule has 0 unspecified atom stereocenters. The van der Waals surface area contributed by atoms with E-state index in [-0.39, 0.29) is 12.0 Å². The van der Waals surface area contributed by atoms with Crippen LogP contribution in [0, 0.1) is 12.8 Å². The summed E-state index contributed by atoms with van der Waals surface area (Å²) in [6.45, 7) is 2.09. The van der Waals surface area contributed by atoms with Gasteiger partial charge in [-0.2, -0.15) is 4.98 Å². The summed E-state index contributed by atoms with van der Waals surface area (Å²) in [6, 6.07) is 12.3. The van der Waals surface area contributed by atoms with Gasteiger partial charge in [-0.3, -0.25) is 4.79 Å². The second-order valence-corrected chi connectivity index (χ2v) is 7.67. The highest BCUT2D eigenvalue weighted by atomic mass is 16.5. The minimum Gasteiger partial charge on any atom is -0.481 e. The lowest BCUT2D eigenvalue weighted by Crippen LogP contribution is -2.28. The average Bonchev–Trinajstić information content (AvgIpc) is 2.97. The maximum absolute atomic E-state index is 11.1. The summed E-state index contributed by atoms with van der Waals surface area (Å²) >= 11 is 0. The first-order valence-corrected chi connectivity index (χ1v) is 9.77. The van der Waals surface area contributed by atoms with Gasteiger partial charge in [0, 0.05) is 19.5 Å². The molecular formula is C22H25N3O3. The highest BCUT2D eigenvalue weighted by Crippen LogP contribution is 2.28. The molecule has 28 heavy (non-hydrogen) atoms. The number of aromatic nitrogens is 3. The summed E-state index contributed by atoms with van der Waals surface area (Å²) in [7, 11) is 2.01. The Morgan fingerprint density at radius 1 is 1.18 bits per heavy atom. The lowest BCUT2D eigenvalue weighted by Gasteiger charge is -2.26. The van der Waals surface area contributed by atoms with E-state index in [1.807, 2.05) is 19.2 Å². The summed E-state index contributed by atoms with van der Waals surface area (Å²) in [6.07, 6.45) is 3.59. The smallest absolute Gasteiger partial charge is 0.306 e. The Balaban J connectivity index is 1.49. The normalized spacial score (nSPS) is 19.6. The lowest BCUT2D eigenvalue weighted by atomic mass is 9.87. The number of fused-ring (bicyclic) bond motifs is 1. The first kappa shape index (κ1) is 18.5. The van der Waals surface area contributed by atoms with Gasteiger partial charge in [-0.05, 0) is 44.2 Å². The fourth-order valence-electron chi connectivity index (χ4n) is 3.93. The SMILES string of the molecule is Cc1cccc(Cc2nc3nc(OC4CCC(C(=O)O)CC4)ccc3n2C)c1. The van der Waals surface area contributed by atoms with Crippen molar-refractivity contribution in [3.63, 3.8) is 0 Å². The molecule has 0 saturated heterocycles. The number of hydrogen-bond acceptors (Lipinski definition) is 4.